The Morgan fingerprint density at radius 3 is 2.94 bits per heavy atom. The van der Waals surface area contributed by atoms with Crippen molar-refractivity contribution in [2.24, 2.45) is 0 Å². The largest absolute Gasteiger partial charge is 0.320 e. The van der Waals surface area contributed by atoms with Crippen molar-refractivity contribution in [1.82, 2.24) is 15.1 Å². The van der Waals surface area contributed by atoms with Crippen LogP contribution in [-0.2, 0) is 6.54 Å². The van der Waals surface area contributed by atoms with E-state index in [-0.39, 0.29) is 6.54 Å². The second kappa shape index (κ2) is 5.61. The predicted octanol–water partition coefficient (Wildman–Crippen LogP) is 1.48. The van der Waals surface area contributed by atoms with Crippen LogP contribution in [0.5, 0.6) is 0 Å². The average Bonchev–Trinajstić information content (AvgIpc) is 2.74. The van der Waals surface area contributed by atoms with Crippen molar-refractivity contribution in [3.63, 3.8) is 0 Å². The molecule has 1 heterocycles. The molecule has 0 radical (unpaired) electrons. The Morgan fingerprint density at radius 2 is 2.44 bits per heavy atom. The number of nitriles is 1. The number of hydrogen-bond donors (Lipinski definition) is 1. The van der Waals surface area contributed by atoms with E-state index in [2.05, 4.69) is 10.4 Å². The highest BCUT2D eigenvalue weighted by atomic mass is 19.1. The van der Waals surface area contributed by atoms with Crippen LogP contribution in [0.1, 0.15) is 25.5 Å². The molecule has 0 saturated carbocycles. The van der Waals surface area contributed by atoms with Gasteiger partial charge in [-0.15, -0.1) is 0 Å². The van der Waals surface area contributed by atoms with Crippen LogP contribution in [0.4, 0.5) is 4.39 Å². The molecule has 0 aromatic carbocycles. The van der Waals surface area contributed by atoms with Gasteiger partial charge in [0, 0.05) is 6.20 Å². The summed E-state index contributed by atoms with van der Waals surface area (Å²) in [4.78, 5) is 0. The van der Waals surface area contributed by atoms with Gasteiger partial charge >= 0.3 is 0 Å². The lowest BCUT2D eigenvalue weighted by Crippen LogP contribution is -2.32. The molecule has 0 aliphatic rings. The van der Waals surface area contributed by atoms with Crippen LogP contribution < -0.4 is 5.32 Å². The first-order valence-electron chi connectivity index (χ1n) is 5.40. The number of halogens is 1. The lowest BCUT2D eigenvalue weighted by atomic mass is 9.99. The third-order valence-electron chi connectivity index (χ3n) is 2.66. The summed E-state index contributed by atoms with van der Waals surface area (Å²) in [6, 6.07) is 3.52. The van der Waals surface area contributed by atoms with Crippen LogP contribution in [0.25, 0.3) is 0 Å². The Labute approximate surface area is 95.1 Å². The summed E-state index contributed by atoms with van der Waals surface area (Å²) < 4.78 is 15.8. The molecule has 5 heteroatoms. The van der Waals surface area contributed by atoms with Crippen LogP contribution in [0.15, 0.2) is 12.3 Å². The zero-order chi connectivity index (χ0) is 12.0. The SMILES string of the molecule is CCC(F)(CCNC)Cn1ccc(C#N)n1. The summed E-state index contributed by atoms with van der Waals surface area (Å²) in [5.74, 6) is 0. The van der Waals surface area contributed by atoms with Gasteiger partial charge in [-0.2, -0.15) is 10.4 Å². The van der Waals surface area contributed by atoms with Gasteiger partial charge in [-0.1, -0.05) is 6.92 Å². The second-order valence-corrected chi connectivity index (χ2v) is 3.87. The zero-order valence-corrected chi connectivity index (χ0v) is 9.70. The van der Waals surface area contributed by atoms with Crippen molar-refractivity contribution in [3.05, 3.63) is 18.0 Å². The molecule has 88 valence electrons. The highest BCUT2D eigenvalue weighted by molar-refractivity contribution is 5.16. The summed E-state index contributed by atoms with van der Waals surface area (Å²) in [5.41, 5.74) is -0.936. The molecule has 1 N–H and O–H groups in total. The maximum atomic E-state index is 14.3. The minimum atomic E-state index is -1.26. The van der Waals surface area contributed by atoms with Gasteiger partial charge in [-0.25, -0.2) is 4.39 Å². The fourth-order valence-electron chi connectivity index (χ4n) is 1.52. The average molecular weight is 224 g/mol. The van der Waals surface area contributed by atoms with Crippen molar-refractivity contribution in [1.29, 1.82) is 5.26 Å². The minimum Gasteiger partial charge on any atom is -0.320 e. The minimum absolute atomic E-state index is 0.201. The molecule has 0 amide bonds. The number of alkyl halides is 1. The van der Waals surface area contributed by atoms with Crippen LogP contribution in [0.3, 0.4) is 0 Å². The van der Waals surface area contributed by atoms with Crippen molar-refractivity contribution in [3.8, 4) is 6.07 Å². The Bertz CT molecular complexity index is 368. The number of nitrogens with zero attached hydrogens (tertiary/aromatic N) is 3. The van der Waals surface area contributed by atoms with Gasteiger partial charge in [-0.3, -0.25) is 4.68 Å². The lowest BCUT2D eigenvalue weighted by Gasteiger charge is -2.23. The maximum Gasteiger partial charge on any atom is 0.162 e. The van der Waals surface area contributed by atoms with Gasteiger partial charge in [0.15, 0.2) is 5.69 Å². The van der Waals surface area contributed by atoms with E-state index in [1.165, 1.54) is 4.68 Å². The quantitative estimate of drug-likeness (QED) is 0.796. The van der Waals surface area contributed by atoms with Gasteiger partial charge < -0.3 is 5.32 Å². The topological polar surface area (TPSA) is 53.6 Å². The van der Waals surface area contributed by atoms with E-state index in [1.54, 1.807) is 19.3 Å². The Kier molecular flexibility index (Phi) is 4.44. The molecule has 0 bridgehead atoms. The van der Waals surface area contributed by atoms with Crippen LogP contribution in [0, 0.1) is 11.3 Å². The summed E-state index contributed by atoms with van der Waals surface area (Å²) in [6.45, 7) is 2.66. The fraction of sp³-hybridized carbons (Fsp3) is 0.636. The summed E-state index contributed by atoms with van der Waals surface area (Å²) in [5, 5.41) is 15.5. The van der Waals surface area contributed by atoms with Crippen LogP contribution in [-0.4, -0.2) is 29.0 Å². The molecule has 0 saturated heterocycles. The Morgan fingerprint density at radius 1 is 1.69 bits per heavy atom. The van der Waals surface area contributed by atoms with E-state index in [9.17, 15) is 4.39 Å². The maximum absolute atomic E-state index is 14.3. The number of nitrogens with one attached hydrogen (secondary N) is 1. The molecular formula is C11H17FN4. The van der Waals surface area contributed by atoms with Gasteiger partial charge in [0.2, 0.25) is 0 Å². The number of aromatic nitrogens is 2. The molecule has 1 atom stereocenters. The fourth-order valence-corrected chi connectivity index (χ4v) is 1.52. The third kappa shape index (κ3) is 3.31. The zero-order valence-electron chi connectivity index (χ0n) is 9.70. The van der Waals surface area contributed by atoms with Crippen molar-refractivity contribution < 1.29 is 4.39 Å². The molecular weight excluding hydrogens is 207 g/mol. The van der Waals surface area contributed by atoms with Crippen molar-refractivity contribution in [2.75, 3.05) is 13.6 Å². The van der Waals surface area contributed by atoms with Gasteiger partial charge in [-0.05, 0) is 32.5 Å². The van der Waals surface area contributed by atoms with Crippen LogP contribution >= 0.6 is 0 Å². The van der Waals surface area contributed by atoms with Crippen molar-refractivity contribution in [2.45, 2.75) is 32.0 Å². The third-order valence-corrected chi connectivity index (χ3v) is 2.66. The molecule has 1 rings (SSSR count). The van der Waals surface area contributed by atoms with E-state index >= 15 is 0 Å². The van der Waals surface area contributed by atoms with E-state index < -0.39 is 5.67 Å². The van der Waals surface area contributed by atoms with E-state index in [0.717, 1.165) is 0 Å². The Hall–Kier alpha value is -1.41. The van der Waals surface area contributed by atoms with Crippen LogP contribution in [0.2, 0.25) is 0 Å². The first kappa shape index (κ1) is 12.7. The van der Waals surface area contributed by atoms with E-state index in [0.29, 0.717) is 25.1 Å². The van der Waals surface area contributed by atoms with Crippen molar-refractivity contribution >= 4 is 0 Å². The van der Waals surface area contributed by atoms with E-state index in [1.807, 2.05) is 13.0 Å². The summed E-state index contributed by atoms with van der Waals surface area (Å²) in [7, 11) is 1.80. The lowest BCUT2D eigenvalue weighted by molar-refractivity contribution is 0.114. The van der Waals surface area contributed by atoms with Gasteiger partial charge in [0.1, 0.15) is 11.7 Å². The first-order chi connectivity index (χ1) is 7.63. The number of hydrogen-bond acceptors (Lipinski definition) is 3. The molecule has 0 fully saturated rings. The first-order valence-corrected chi connectivity index (χ1v) is 5.40. The molecule has 1 aromatic rings. The summed E-state index contributed by atoms with van der Waals surface area (Å²) >= 11 is 0. The monoisotopic (exact) mass is 224 g/mol. The molecule has 0 aliphatic heterocycles. The molecule has 0 spiro atoms. The second-order valence-electron chi connectivity index (χ2n) is 3.87. The standard InChI is InChI=1S/C11H17FN4/c1-3-11(12,5-6-14-2)9-16-7-4-10(8-13)15-16/h4,7,14H,3,5-6,9H2,1-2H3. The molecule has 4 nitrogen and oxygen atoms in total. The predicted molar refractivity (Wildman–Crippen MR) is 59.6 cm³/mol. The smallest absolute Gasteiger partial charge is 0.162 e. The molecule has 1 aromatic heterocycles. The highest BCUT2D eigenvalue weighted by Crippen LogP contribution is 2.22. The van der Waals surface area contributed by atoms with E-state index in [4.69, 9.17) is 5.26 Å². The summed E-state index contributed by atoms with van der Waals surface area (Å²) in [6.07, 6.45) is 2.53. The van der Waals surface area contributed by atoms with Gasteiger partial charge in [0.05, 0.1) is 6.54 Å². The molecule has 16 heavy (non-hydrogen) atoms. The number of rotatable bonds is 6. The molecule has 0 aliphatic carbocycles. The Balaban J connectivity index is 2.65. The normalized spacial score (nSPS) is 14.4. The van der Waals surface area contributed by atoms with Gasteiger partial charge in [0.25, 0.3) is 0 Å². The molecule has 1 unspecified atom stereocenters. The highest BCUT2D eigenvalue weighted by Gasteiger charge is 2.27.